The molecular formula is C25H19ClFN3O. The van der Waals surface area contributed by atoms with Crippen LogP contribution in [0, 0.1) is 5.82 Å². The number of carbonyl (C=O) groups excluding carboxylic acids is 1. The minimum Gasteiger partial charge on any atom is -0.318 e. The van der Waals surface area contributed by atoms with Gasteiger partial charge in [-0.05, 0) is 59.7 Å². The topological polar surface area (TPSA) is 37.3 Å². The second kappa shape index (κ2) is 7.93. The maximum atomic E-state index is 13.5. The zero-order valence-electron chi connectivity index (χ0n) is 16.5. The number of para-hydroxylation sites is 1. The molecule has 5 rings (SSSR count). The number of amides is 2. The first-order valence-electron chi connectivity index (χ1n) is 9.95. The molecule has 0 bridgehead atoms. The highest BCUT2D eigenvalue weighted by Crippen LogP contribution is 2.39. The van der Waals surface area contributed by atoms with Crippen molar-refractivity contribution in [2.24, 2.45) is 0 Å². The van der Waals surface area contributed by atoms with Crippen LogP contribution in [0.15, 0.2) is 91.1 Å². The molecule has 0 spiro atoms. The smallest absolute Gasteiger partial charge is 0.318 e. The minimum absolute atomic E-state index is 0.291. The molecule has 1 aliphatic rings. The molecular weight excluding hydrogens is 413 g/mol. The van der Waals surface area contributed by atoms with Gasteiger partial charge in [-0.15, -0.1) is 0 Å². The Kier molecular flexibility index (Phi) is 4.96. The Hall–Kier alpha value is -3.57. The standard InChI is InChI=1S/C25H19ClFN3O/c26-21-8-3-2-7-20(21)24-23-10-5-15-29(23)22-9-4-1-6-17(22)16-30(24)25(31)28-19-13-11-18(27)12-14-19/h1-15,24H,16H2,(H,28,31)/t24-/m1/s1. The summed E-state index contributed by atoms with van der Waals surface area (Å²) in [6.45, 7) is 0.390. The third-order valence-electron chi connectivity index (χ3n) is 5.52. The number of fused-ring (bicyclic) bond motifs is 3. The lowest BCUT2D eigenvalue weighted by Crippen LogP contribution is -2.38. The first kappa shape index (κ1) is 19.4. The first-order chi connectivity index (χ1) is 15.1. The van der Waals surface area contributed by atoms with E-state index >= 15 is 0 Å². The highest BCUT2D eigenvalue weighted by Gasteiger charge is 2.34. The lowest BCUT2D eigenvalue weighted by molar-refractivity contribution is 0.194. The average Bonchev–Trinajstić information content (AvgIpc) is 3.21. The van der Waals surface area contributed by atoms with E-state index in [1.54, 1.807) is 17.0 Å². The summed E-state index contributed by atoms with van der Waals surface area (Å²) in [5.74, 6) is -0.353. The monoisotopic (exact) mass is 431 g/mol. The highest BCUT2D eigenvalue weighted by molar-refractivity contribution is 6.31. The quantitative estimate of drug-likeness (QED) is 0.391. The van der Waals surface area contributed by atoms with Crippen LogP contribution in [0.1, 0.15) is 22.9 Å². The van der Waals surface area contributed by atoms with Gasteiger partial charge >= 0.3 is 6.03 Å². The number of anilines is 1. The molecule has 1 atom stereocenters. The molecule has 154 valence electrons. The van der Waals surface area contributed by atoms with Crippen molar-refractivity contribution in [1.29, 1.82) is 0 Å². The van der Waals surface area contributed by atoms with E-state index < -0.39 is 6.04 Å². The van der Waals surface area contributed by atoms with Crippen LogP contribution in [0.4, 0.5) is 14.9 Å². The Morgan fingerprint density at radius 1 is 0.935 bits per heavy atom. The molecule has 0 saturated heterocycles. The van der Waals surface area contributed by atoms with E-state index in [0.29, 0.717) is 17.3 Å². The maximum Gasteiger partial charge on any atom is 0.322 e. The molecule has 0 unspecified atom stereocenters. The van der Waals surface area contributed by atoms with Crippen LogP contribution in [0.25, 0.3) is 5.69 Å². The first-order valence-corrected chi connectivity index (χ1v) is 10.3. The Labute approximate surface area is 184 Å². The van der Waals surface area contributed by atoms with Crippen LogP contribution in [-0.4, -0.2) is 15.5 Å². The van der Waals surface area contributed by atoms with E-state index in [1.165, 1.54) is 12.1 Å². The number of nitrogens with zero attached hydrogens (tertiary/aromatic N) is 2. The fraction of sp³-hybridized carbons (Fsp3) is 0.0800. The lowest BCUT2D eigenvalue weighted by Gasteiger charge is -2.31. The van der Waals surface area contributed by atoms with Crippen molar-refractivity contribution in [1.82, 2.24) is 9.47 Å². The van der Waals surface area contributed by atoms with Crippen molar-refractivity contribution in [2.75, 3.05) is 5.32 Å². The van der Waals surface area contributed by atoms with Crippen molar-refractivity contribution >= 4 is 23.3 Å². The SMILES string of the molecule is O=C(Nc1ccc(F)cc1)N1Cc2ccccc2-n2cccc2[C@H]1c1ccccc1Cl. The molecule has 0 aliphatic carbocycles. The number of hydrogen-bond acceptors (Lipinski definition) is 1. The van der Waals surface area contributed by atoms with Crippen LogP contribution < -0.4 is 5.32 Å². The third kappa shape index (κ3) is 3.57. The third-order valence-corrected chi connectivity index (χ3v) is 5.86. The van der Waals surface area contributed by atoms with Crippen LogP contribution in [0.5, 0.6) is 0 Å². The van der Waals surface area contributed by atoms with Crippen molar-refractivity contribution in [3.8, 4) is 5.69 Å². The van der Waals surface area contributed by atoms with Crippen LogP contribution >= 0.6 is 11.6 Å². The second-order valence-corrected chi connectivity index (χ2v) is 7.83. The van der Waals surface area contributed by atoms with E-state index in [2.05, 4.69) is 9.88 Å². The molecule has 4 aromatic rings. The van der Waals surface area contributed by atoms with E-state index in [9.17, 15) is 9.18 Å². The Bertz CT molecular complexity index is 1250. The van der Waals surface area contributed by atoms with Gasteiger partial charge < -0.3 is 14.8 Å². The zero-order chi connectivity index (χ0) is 21.4. The van der Waals surface area contributed by atoms with Crippen molar-refractivity contribution < 1.29 is 9.18 Å². The summed E-state index contributed by atoms with van der Waals surface area (Å²) in [5, 5.41) is 3.50. The largest absolute Gasteiger partial charge is 0.322 e. The molecule has 1 aliphatic heterocycles. The highest BCUT2D eigenvalue weighted by atomic mass is 35.5. The molecule has 1 N–H and O–H groups in total. The molecule has 31 heavy (non-hydrogen) atoms. The molecule has 4 nitrogen and oxygen atoms in total. The van der Waals surface area contributed by atoms with Gasteiger partial charge in [0.1, 0.15) is 11.9 Å². The number of aromatic nitrogens is 1. The van der Waals surface area contributed by atoms with Gasteiger partial charge in [-0.2, -0.15) is 0 Å². The predicted octanol–water partition coefficient (Wildman–Crippen LogP) is 6.41. The van der Waals surface area contributed by atoms with Gasteiger partial charge in [0.25, 0.3) is 0 Å². The average molecular weight is 432 g/mol. The summed E-state index contributed by atoms with van der Waals surface area (Å²) in [6, 6.07) is 24.6. The predicted molar refractivity (Wildman–Crippen MR) is 120 cm³/mol. The number of rotatable bonds is 2. The molecule has 1 aromatic heterocycles. The van der Waals surface area contributed by atoms with E-state index in [0.717, 1.165) is 22.5 Å². The Balaban J connectivity index is 1.64. The summed E-state index contributed by atoms with van der Waals surface area (Å²) < 4.78 is 15.4. The maximum absolute atomic E-state index is 13.5. The summed E-state index contributed by atoms with van der Waals surface area (Å²) in [4.78, 5) is 15.3. The molecule has 6 heteroatoms. The summed E-state index contributed by atoms with van der Waals surface area (Å²) in [5.41, 5.74) is 4.34. The van der Waals surface area contributed by atoms with Gasteiger partial charge in [-0.1, -0.05) is 48.0 Å². The molecule has 0 radical (unpaired) electrons. The van der Waals surface area contributed by atoms with Crippen molar-refractivity contribution in [2.45, 2.75) is 12.6 Å². The Morgan fingerprint density at radius 2 is 1.68 bits per heavy atom. The molecule has 2 heterocycles. The van der Waals surface area contributed by atoms with Gasteiger partial charge in [0.15, 0.2) is 0 Å². The molecule has 3 aromatic carbocycles. The van der Waals surface area contributed by atoms with Gasteiger partial charge in [0, 0.05) is 16.9 Å². The molecule has 0 fully saturated rings. The van der Waals surface area contributed by atoms with E-state index in [1.807, 2.05) is 66.9 Å². The number of nitrogens with one attached hydrogen (secondary N) is 1. The Morgan fingerprint density at radius 3 is 2.48 bits per heavy atom. The summed E-state index contributed by atoms with van der Waals surface area (Å²) >= 11 is 6.59. The number of hydrogen-bond donors (Lipinski definition) is 1. The van der Waals surface area contributed by atoms with E-state index in [-0.39, 0.29) is 11.8 Å². The van der Waals surface area contributed by atoms with E-state index in [4.69, 9.17) is 11.6 Å². The van der Waals surface area contributed by atoms with Crippen LogP contribution in [0.3, 0.4) is 0 Å². The summed E-state index contributed by atoms with van der Waals surface area (Å²) in [7, 11) is 0. The second-order valence-electron chi connectivity index (χ2n) is 7.42. The normalized spacial score (nSPS) is 15.0. The number of benzene rings is 3. The lowest BCUT2D eigenvalue weighted by atomic mass is 10.0. The van der Waals surface area contributed by atoms with Crippen molar-refractivity contribution in [3.05, 3.63) is 119 Å². The minimum atomic E-state index is -0.406. The van der Waals surface area contributed by atoms with Crippen molar-refractivity contribution in [3.63, 3.8) is 0 Å². The van der Waals surface area contributed by atoms with Gasteiger partial charge in [-0.3, -0.25) is 0 Å². The van der Waals surface area contributed by atoms with Crippen LogP contribution in [0.2, 0.25) is 5.02 Å². The fourth-order valence-corrected chi connectivity index (χ4v) is 4.33. The van der Waals surface area contributed by atoms with Gasteiger partial charge in [-0.25, -0.2) is 9.18 Å². The molecule has 0 saturated carbocycles. The number of urea groups is 1. The zero-order valence-corrected chi connectivity index (χ0v) is 17.3. The summed E-state index contributed by atoms with van der Waals surface area (Å²) in [6.07, 6.45) is 2.00. The van der Waals surface area contributed by atoms with Gasteiger partial charge in [0.05, 0.1) is 17.9 Å². The van der Waals surface area contributed by atoms with Crippen LogP contribution in [-0.2, 0) is 6.54 Å². The molecule has 2 amide bonds. The fourth-order valence-electron chi connectivity index (χ4n) is 4.09. The number of halogens is 2. The number of carbonyl (C=O) groups is 1. The van der Waals surface area contributed by atoms with Gasteiger partial charge in [0.2, 0.25) is 0 Å².